The van der Waals surface area contributed by atoms with Crippen molar-refractivity contribution in [3.05, 3.63) is 0 Å². The van der Waals surface area contributed by atoms with Gasteiger partial charge < -0.3 is 8.92 Å². The summed E-state index contributed by atoms with van der Waals surface area (Å²) in [6.45, 7) is 9.28. The molecule has 14 heavy (non-hydrogen) atoms. The number of rotatable bonds is 5. The Morgan fingerprint density at radius 3 is 2.21 bits per heavy atom. The third kappa shape index (κ3) is 5.50. The van der Waals surface area contributed by atoms with Crippen LogP contribution in [0.1, 0.15) is 41.0 Å². The van der Waals surface area contributed by atoms with Gasteiger partial charge >= 0.3 is 5.97 Å². The maximum Gasteiger partial charge on any atom is 0.302 e. The lowest BCUT2D eigenvalue weighted by atomic mass is 9.94. The second-order valence-corrected chi connectivity index (χ2v) is 4.63. The Hall–Kier alpha value is -0.220. The maximum absolute atomic E-state index is 10.9. The van der Waals surface area contributed by atoms with Crippen LogP contribution in [0.4, 0.5) is 0 Å². The summed E-state index contributed by atoms with van der Waals surface area (Å²) in [4.78, 5) is 10.9. The van der Waals surface area contributed by atoms with E-state index in [-0.39, 0.29) is 23.6 Å². The molecular weight excluding hydrogens is 200 g/mol. The van der Waals surface area contributed by atoms with Crippen LogP contribution in [-0.2, 0) is 13.7 Å². The molecule has 0 aliphatic heterocycles. The molecule has 0 aliphatic carbocycles. The number of carbonyl (C=O) groups excluding carboxylic acids is 1. The van der Waals surface area contributed by atoms with Gasteiger partial charge in [0, 0.05) is 13.3 Å². The highest BCUT2D eigenvalue weighted by Crippen LogP contribution is 2.23. The van der Waals surface area contributed by atoms with E-state index in [1.807, 2.05) is 27.7 Å². The highest BCUT2D eigenvalue weighted by molar-refractivity contribution is 7.75. The minimum atomic E-state index is -0.381. The summed E-state index contributed by atoms with van der Waals surface area (Å²) in [5.41, 5.74) is -0.381. The van der Waals surface area contributed by atoms with Crippen molar-refractivity contribution in [3.63, 3.8) is 0 Å². The highest BCUT2D eigenvalue weighted by atomic mass is 32.1. The quantitative estimate of drug-likeness (QED) is 0.439. The third-order valence-corrected chi connectivity index (χ3v) is 2.50. The van der Waals surface area contributed by atoms with Crippen molar-refractivity contribution in [2.24, 2.45) is 5.92 Å². The molecule has 4 heteroatoms. The van der Waals surface area contributed by atoms with Gasteiger partial charge in [-0.3, -0.25) is 4.79 Å². The molecule has 0 bridgehead atoms. The molecule has 0 aromatic carbocycles. The number of esters is 1. The van der Waals surface area contributed by atoms with Gasteiger partial charge in [0.2, 0.25) is 0 Å². The van der Waals surface area contributed by atoms with Gasteiger partial charge in [0.25, 0.3) is 0 Å². The molecule has 0 amide bonds. The first-order valence-corrected chi connectivity index (χ1v) is 5.15. The fraction of sp³-hybridized carbons (Fsp3) is 0.900. The van der Waals surface area contributed by atoms with E-state index in [0.717, 1.165) is 0 Å². The van der Waals surface area contributed by atoms with Crippen LogP contribution in [0.5, 0.6) is 0 Å². The largest absolute Gasteiger partial charge is 0.462 e. The molecule has 0 N–H and O–H groups in total. The van der Waals surface area contributed by atoms with E-state index in [9.17, 15) is 4.79 Å². The smallest absolute Gasteiger partial charge is 0.302 e. The molecule has 0 rings (SSSR count). The standard InChI is InChI=1S/C10H20O3S/c1-7(2)9(12-8(3)11)6-10(4,5)13-14/h7,9,14H,6H2,1-5H3. The molecule has 0 aromatic heterocycles. The third-order valence-electron chi connectivity index (χ3n) is 2.00. The van der Waals surface area contributed by atoms with Gasteiger partial charge in [-0.25, -0.2) is 0 Å². The summed E-state index contributed by atoms with van der Waals surface area (Å²) in [6.07, 6.45) is 0.531. The van der Waals surface area contributed by atoms with Gasteiger partial charge in [0.05, 0.1) is 5.60 Å². The Balaban J connectivity index is 4.30. The molecule has 0 aromatic rings. The Labute approximate surface area is 91.8 Å². The number of hydrogen-bond acceptors (Lipinski definition) is 4. The van der Waals surface area contributed by atoms with Gasteiger partial charge in [0.15, 0.2) is 0 Å². The molecule has 1 unspecified atom stereocenters. The molecule has 0 spiro atoms. The zero-order valence-electron chi connectivity index (χ0n) is 9.53. The zero-order chi connectivity index (χ0) is 11.4. The predicted molar refractivity (Wildman–Crippen MR) is 59.2 cm³/mol. The SMILES string of the molecule is CC(=O)OC(CC(C)(C)OS)C(C)C. The molecule has 1 atom stereocenters. The monoisotopic (exact) mass is 220 g/mol. The number of thiol groups is 1. The van der Waals surface area contributed by atoms with Crippen LogP contribution in [0.15, 0.2) is 0 Å². The first-order chi connectivity index (χ1) is 6.28. The summed E-state index contributed by atoms with van der Waals surface area (Å²) in [5.74, 6) is 0.0281. The van der Waals surface area contributed by atoms with Crippen LogP contribution >= 0.6 is 12.9 Å². The van der Waals surface area contributed by atoms with E-state index in [1.165, 1.54) is 6.92 Å². The van der Waals surface area contributed by atoms with E-state index in [1.54, 1.807) is 0 Å². The minimum absolute atomic E-state index is 0.116. The zero-order valence-corrected chi connectivity index (χ0v) is 10.4. The topological polar surface area (TPSA) is 35.5 Å². The normalized spacial score (nSPS) is 14.2. The Kier molecular flexibility index (Phi) is 5.52. The molecule has 0 fully saturated rings. The second-order valence-electron chi connectivity index (χ2n) is 4.45. The molecular formula is C10H20O3S. The molecule has 0 aliphatic rings. The lowest BCUT2D eigenvalue weighted by Gasteiger charge is -2.29. The van der Waals surface area contributed by atoms with Gasteiger partial charge in [-0.05, 0) is 32.7 Å². The van der Waals surface area contributed by atoms with Crippen LogP contribution in [0, 0.1) is 5.92 Å². The molecule has 0 radical (unpaired) electrons. The van der Waals surface area contributed by atoms with E-state index in [0.29, 0.717) is 6.42 Å². The molecule has 0 saturated heterocycles. The Morgan fingerprint density at radius 1 is 1.43 bits per heavy atom. The first-order valence-electron chi connectivity index (χ1n) is 4.78. The average Bonchev–Trinajstić information content (AvgIpc) is 2.02. The van der Waals surface area contributed by atoms with Crippen molar-refractivity contribution in [1.82, 2.24) is 0 Å². The van der Waals surface area contributed by atoms with Gasteiger partial charge in [-0.15, -0.1) is 0 Å². The summed E-state index contributed by atoms with van der Waals surface area (Å²) < 4.78 is 10.2. The lowest BCUT2D eigenvalue weighted by molar-refractivity contribution is -0.150. The fourth-order valence-electron chi connectivity index (χ4n) is 1.15. The van der Waals surface area contributed by atoms with E-state index >= 15 is 0 Å². The van der Waals surface area contributed by atoms with Crippen molar-refractivity contribution in [2.45, 2.75) is 52.7 Å². The van der Waals surface area contributed by atoms with Crippen LogP contribution in [-0.4, -0.2) is 17.7 Å². The molecule has 3 nitrogen and oxygen atoms in total. The van der Waals surface area contributed by atoms with Gasteiger partial charge in [-0.1, -0.05) is 13.8 Å². The van der Waals surface area contributed by atoms with Crippen LogP contribution in [0.25, 0.3) is 0 Å². The van der Waals surface area contributed by atoms with Gasteiger partial charge in [-0.2, -0.15) is 0 Å². The van der Waals surface area contributed by atoms with Crippen LogP contribution in [0.2, 0.25) is 0 Å². The summed E-state index contributed by atoms with van der Waals surface area (Å²) in [7, 11) is 0. The second kappa shape index (κ2) is 5.61. The highest BCUT2D eigenvalue weighted by Gasteiger charge is 2.27. The van der Waals surface area contributed by atoms with E-state index in [2.05, 4.69) is 12.9 Å². The average molecular weight is 220 g/mol. The summed E-state index contributed by atoms with van der Waals surface area (Å²) >= 11 is 3.79. The van der Waals surface area contributed by atoms with Gasteiger partial charge in [0.1, 0.15) is 6.10 Å². The van der Waals surface area contributed by atoms with E-state index in [4.69, 9.17) is 8.92 Å². The molecule has 0 heterocycles. The lowest BCUT2D eigenvalue weighted by Crippen LogP contribution is -2.33. The fourth-order valence-corrected chi connectivity index (χ4v) is 1.22. The summed E-state index contributed by atoms with van der Waals surface area (Å²) in [5, 5.41) is 0. The number of carbonyl (C=O) groups is 1. The minimum Gasteiger partial charge on any atom is -0.462 e. The molecule has 84 valence electrons. The van der Waals surface area contributed by atoms with Crippen molar-refractivity contribution in [1.29, 1.82) is 0 Å². The van der Waals surface area contributed by atoms with Crippen LogP contribution < -0.4 is 0 Å². The first kappa shape index (κ1) is 13.8. The Bertz CT molecular complexity index is 190. The maximum atomic E-state index is 10.9. The number of ether oxygens (including phenoxy) is 1. The van der Waals surface area contributed by atoms with Crippen molar-refractivity contribution >= 4 is 18.9 Å². The summed E-state index contributed by atoms with van der Waals surface area (Å²) in [6, 6.07) is 0. The Morgan fingerprint density at radius 2 is 1.93 bits per heavy atom. The molecule has 0 saturated carbocycles. The van der Waals surface area contributed by atoms with Crippen molar-refractivity contribution < 1.29 is 13.7 Å². The van der Waals surface area contributed by atoms with E-state index < -0.39 is 0 Å². The van der Waals surface area contributed by atoms with Crippen LogP contribution in [0.3, 0.4) is 0 Å². The predicted octanol–water partition coefficient (Wildman–Crippen LogP) is 2.60. The number of hydrogen-bond donors (Lipinski definition) is 1. The van der Waals surface area contributed by atoms with Crippen molar-refractivity contribution in [2.75, 3.05) is 0 Å². The van der Waals surface area contributed by atoms with Crippen molar-refractivity contribution in [3.8, 4) is 0 Å².